The average Bonchev–Trinajstić information content (AvgIpc) is 3.24. The van der Waals surface area contributed by atoms with Gasteiger partial charge in [0, 0.05) is 43.7 Å². The van der Waals surface area contributed by atoms with Crippen LogP contribution in [0.1, 0.15) is 111 Å². The van der Waals surface area contributed by atoms with Crippen LogP contribution in [0.25, 0.3) is 0 Å². The Hall–Kier alpha value is -4.79. The van der Waals surface area contributed by atoms with E-state index in [2.05, 4.69) is 18.0 Å². The first-order chi connectivity index (χ1) is 30.0. The Morgan fingerprint density at radius 1 is 0.984 bits per heavy atom. The summed E-state index contributed by atoms with van der Waals surface area (Å²) in [5, 5.41) is 27.6. The van der Waals surface area contributed by atoms with Crippen LogP contribution in [0.15, 0.2) is 65.9 Å². The molecule has 2 aliphatic carbocycles. The molecule has 1 saturated carbocycles. The van der Waals surface area contributed by atoms with Crippen LogP contribution < -0.4 is 24.3 Å². The number of aliphatic hydroxyl groups is 2. The molecular formula is C49H71N3O11. The van der Waals surface area contributed by atoms with Gasteiger partial charge in [-0.3, -0.25) is 10.2 Å². The predicted octanol–water partition coefficient (Wildman–Crippen LogP) is 9.64. The number of unbranched alkanes of at least 4 members (excludes halogenated alkanes) is 2. The highest BCUT2D eigenvalue weighted by atomic mass is 16.7. The van der Waals surface area contributed by atoms with Crippen LogP contribution in [-0.4, -0.2) is 97.6 Å². The molecule has 0 spiro atoms. The third kappa shape index (κ3) is 12.1. The van der Waals surface area contributed by atoms with Gasteiger partial charge in [0.2, 0.25) is 5.79 Å². The normalized spacial score (nSPS) is 23.3. The van der Waals surface area contributed by atoms with Crippen LogP contribution in [0.5, 0.6) is 23.0 Å². The van der Waals surface area contributed by atoms with E-state index < -0.39 is 35.5 Å². The van der Waals surface area contributed by atoms with Gasteiger partial charge in [0.25, 0.3) is 0 Å². The first kappa shape index (κ1) is 49.2. The number of hydrogen-bond donors (Lipinski definition) is 3. The number of benzene rings is 2. The van der Waals surface area contributed by atoms with Crippen LogP contribution in [0, 0.1) is 23.2 Å². The van der Waals surface area contributed by atoms with Gasteiger partial charge in [-0.25, -0.2) is 9.59 Å². The maximum atomic E-state index is 14.4. The SMILES string of the molecule is C=CCOC12Oc3ccc(OC(=O)Nc4ccc(OC)cc4OC)cc3C3C(CCCCO)C(CCCCO)C=C(C(=NOC(C)(C)C)CC1N(CCC)C(=O)OCC(C)(C)C)C32. The van der Waals surface area contributed by atoms with Crippen molar-refractivity contribution >= 4 is 23.6 Å². The minimum absolute atomic E-state index is 0.0184. The van der Waals surface area contributed by atoms with Crippen molar-refractivity contribution in [1.29, 1.82) is 0 Å². The summed E-state index contributed by atoms with van der Waals surface area (Å²) >= 11 is 0. The molecule has 1 aliphatic heterocycles. The smallest absolute Gasteiger partial charge is 0.417 e. The Kier molecular flexibility index (Phi) is 17.0. The fourth-order valence-electron chi connectivity index (χ4n) is 9.02. The van der Waals surface area contributed by atoms with Gasteiger partial charge < -0.3 is 43.5 Å². The molecule has 0 bridgehead atoms. The molecule has 3 N–H and O–H groups in total. The molecule has 0 aromatic heterocycles. The number of ether oxygens (including phenoxy) is 6. The van der Waals surface area contributed by atoms with E-state index in [0.717, 1.165) is 36.8 Å². The maximum absolute atomic E-state index is 14.4. The number of methoxy groups -OCH3 is 2. The van der Waals surface area contributed by atoms with Crippen molar-refractivity contribution in [3.8, 4) is 23.0 Å². The van der Waals surface area contributed by atoms with Crippen molar-refractivity contribution in [3.63, 3.8) is 0 Å². The van der Waals surface area contributed by atoms with E-state index >= 15 is 0 Å². The fourth-order valence-corrected chi connectivity index (χ4v) is 9.02. The molecule has 14 heteroatoms. The number of oxime groups is 1. The number of hydrogen-bond acceptors (Lipinski definition) is 12. The topological polar surface area (TPSA) is 167 Å². The molecule has 0 radical (unpaired) electrons. The Labute approximate surface area is 373 Å². The van der Waals surface area contributed by atoms with E-state index in [9.17, 15) is 19.8 Å². The monoisotopic (exact) mass is 878 g/mol. The molecule has 63 heavy (non-hydrogen) atoms. The molecule has 5 rings (SSSR count). The summed E-state index contributed by atoms with van der Waals surface area (Å²) < 4.78 is 37.2. The van der Waals surface area contributed by atoms with Gasteiger partial charge in [-0.15, -0.1) is 6.58 Å². The summed E-state index contributed by atoms with van der Waals surface area (Å²) in [5.74, 6) is -0.526. The number of anilines is 1. The van der Waals surface area contributed by atoms with Crippen molar-refractivity contribution < 1.29 is 53.1 Å². The van der Waals surface area contributed by atoms with Crippen molar-refractivity contribution in [1.82, 2.24) is 4.90 Å². The highest BCUT2D eigenvalue weighted by Gasteiger charge is 2.65. The van der Waals surface area contributed by atoms with Crippen LogP contribution in [0.3, 0.4) is 0 Å². The molecule has 2 amide bonds. The minimum Gasteiger partial charge on any atom is -0.497 e. The molecule has 348 valence electrons. The molecule has 2 aromatic rings. The number of nitrogens with one attached hydrogen (secondary N) is 1. The number of aliphatic hydroxyl groups excluding tert-OH is 2. The lowest BCUT2D eigenvalue weighted by Crippen LogP contribution is -2.70. The van der Waals surface area contributed by atoms with Crippen LogP contribution >= 0.6 is 0 Å². The van der Waals surface area contributed by atoms with E-state index in [4.69, 9.17) is 38.4 Å². The zero-order valence-electron chi connectivity index (χ0n) is 38.9. The molecule has 6 atom stereocenters. The predicted molar refractivity (Wildman–Crippen MR) is 243 cm³/mol. The van der Waals surface area contributed by atoms with Gasteiger partial charge in [-0.1, -0.05) is 57.8 Å². The third-order valence-electron chi connectivity index (χ3n) is 11.6. The Balaban J connectivity index is 1.73. The van der Waals surface area contributed by atoms with E-state index in [1.54, 1.807) is 48.4 Å². The van der Waals surface area contributed by atoms with Crippen molar-refractivity contribution in [3.05, 3.63) is 66.3 Å². The van der Waals surface area contributed by atoms with Gasteiger partial charge in [-0.2, -0.15) is 0 Å². The Morgan fingerprint density at radius 3 is 2.33 bits per heavy atom. The summed E-state index contributed by atoms with van der Waals surface area (Å²) in [7, 11) is 3.06. The zero-order chi connectivity index (χ0) is 46.0. The van der Waals surface area contributed by atoms with E-state index in [0.29, 0.717) is 60.2 Å². The largest absolute Gasteiger partial charge is 0.497 e. The van der Waals surface area contributed by atoms with E-state index in [1.165, 1.54) is 7.11 Å². The number of allylic oxidation sites excluding steroid dienone is 1. The van der Waals surface area contributed by atoms with Gasteiger partial charge >= 0.3 is 12.2 Å². The first-order valence-electron chi connectivity index (χ1n) is 22.4. The number of rotatable bonds is 20. The number of carbonyl (C=O) groups is 2. The summed E-state index contributed by atoms with van der Waals surface area (Å²) in [4.78, 5) is 36.0. The molecular weight excluding hydrogens is 807 g/mol. The van der Waals surface area contributed by atoms with Gasteiger partial charge in [0.05, 0.1) is 44.8 Å². The average molecular weight is 878 g/mol. The second-order valence-corrected chi connectivity index (χ2v) is 18.9. The minimum atomic E-state index is -1.45. The summed E-state index contributed by atoms with van der Waals surface area (Å²) in [6.45, 7) is 18.7. The number of nitrogens with zero attached hydrogens (tertiary/aromatic N) is 2. The Bertz CT molecular complexity index is 1940. The molecule has 1 heterocycles. The van der Waals surface area contributed by atoms with Crippen LogP contribution in [0.4, 0.5) is 15.3 Å². The molecule has 0 saturated heterocycles. The standard InChI is InChI=1S/C49H71N3O11/c1-11-23-52(46(56)59-31-47(3,4)5)42-30-39(51-63-48(6,7)8)36-27-32(17-13-15-24-53)35(18-14-16-25-54)43-37-28-34(20-22-40(37)62-49(42,44(36)43)60-26-12-2)61-45(55)50-38-21-19-33(57-9)29-41(38)58-10/h12,19-22,27-29,32,35,42-44,53-54H,2,11,13-18,23-26,30-31H2,1,3-10H3,(H,50,55). The van der Waals surface area contributed by atoms with Gasteiger partial charge in [-0.05, 0) is 106 Å². The Morgan fingerprint density at radius 2 is 1.70 bits per heavy atom. The van der Waals surface area contributed by atoms with Gasteiger partial charge in [0.15, 0.2) is 0 Å². The van der Waals surface area contributed by atoms with Crippen LogP contribution in [-0.2, 0) is 14.3 Å². The van der Waals surface area contributed by atoms with Crippen molar-refractivity contribution in [2.75, 3.05) is 52.5 Å². The van der Waals surface area contributed by atoms with E-state index in [1.807, 2.05) is 54.5 Å². The van der Waals surface area contributed by atoms with E-state index in [-0.39, 0.29) is 56.0 Å². The highest BCUT2D eigenvalue weighted by molar-refractivity contribution is 6.03. The lowest BCUT2D eigenvalue weighted by atomic mass is 9.55. The maximum Gasteiger partial charge on any atom is 0.417 e. The summed E-state index contributed by atoms with van der Waals surface area (Å²) in [6.07, 6.45) is 8.00. The third-order valence-corrected chi connectivity index (χ3v) is 11.6. The van der Waals surface area contributed by atoms with Crippen LogP contribution in [0.2, 0.25) is 0 Å². The molecule has 1 fully saturated rings. The number of fused-ring (bicyclic) bond motifs is 2. The second-order valence-electron chi connectivity index (χ2n) is 18.9. The second kappa shape index (κ2) is 21.7. The molecule has 2 aromatic carbocycles. The highest BCUT2D eigenvalue weighted by Crippen LogP contribution is 2.62. The van der Waals surface area contributed by atoms with Crippen molar-refractivity contribution in [2.24, 2.45) is 28.3 Å². The molecule has 14 nitrogen and oxygen atoms in total. The fraction of sp³-hybridized carbons (Fsp3) is 0.612. The first-order valence-corrected chi connectivity index (χ1v) is 22.4. The molecule has 6 unspecified atom stereocenters. The van der Waals surface area contributed by atoms with Crippen molar-refractivity contribution in [2.45, 2.75) is 123 Å². The van der Waals surface area contributed by atoms with Gasteiger partial charge in [0.1, 0.15) is 34.6 Å². The molecule has 3 aliphatic rings. The lowest BCUT2D eigenvalue weighted by molar-refractivity contribution is -0.255. The summed E-state index contributed by atoms with van der Waals surface area (Å²) in [6, 6.07) is 9.68. The number of carbonyl (C=O) groups excluding carboxylic acids is 2. The quantitative estimate of drug-likeness (QED) is 0.0659. The lowest BCUT2D eigenvalue weighted by Gasteiger charge is -2.60. The number of amides is 2. The summed E-state index contributed by atoms with van der Waals surface area (Å²) in [5.41, 5.74) is 1.90. The zero-order valence-corrected chi connectivity index (χ0v) is 38.9.